The Hall–Kier alpha value is -0.610. The Morgan fingerprint density at radius 1 is 1.38 bits per heavy atom. The van der Waals surface area contributed by atoms with Crippen LogP contribution in [0.3, 0.4) is 0 Å². The molecule has 0 atom stereocenters. The molecular formula is C12H26N2O2. The van der Waals surface area contributed by atoms with Crippen LogP contribution < -0.4 is 5.73 Å². The third-order valence-electron chi connectivity index (χ3n) is 2.74. The van der Waals surface area contributed by atoms with Gasteiger partial charge in [0.25, 0.3) is 0 Å². The van der Waals surface area contributed by atoms with E-state index in [4.69, 9.17) is 10.5 Å². The molecule has 96 valence electrons. The smallest absolute Gasteiger partial charge is 0.209 e. The van der Waals surface area contributed by atoms with E-state index in [2.05, 4.69) is 0 Å². The van der Waals surface area contributed by atoms with Gasteiger partial charge in [-0.2, -0.15) is 0 Å². The third kappa shape index (κ3) is 7.65. The van der Waals surface area contributed by atoms with Crippen LogP contribution in [0.25, 0.3) is 0 Å². The van der Waals surface area contributed by atoms with Gasteiger partial charge >= 0.3 is 0 Å². The van der Waals surface area contributed by atoms with Crippen molar-refractivity contribution in [3.8, 4) is 0 Å². The molecule has 0 saturated carbocycles. The summed E-state index contributed by atoms with van der Waals surface area (Å²) in [5.74, 6) is 0.649. The maximum Gasteiger partial charge on any atom is 0.209 e. The quantitative estimate of drug-likeness (QED) is 0.726. The second kappa shape index (κ2) is 7.63. The van der Waals surface area contributed by atoms with Gasteiger partial charge in [0.1, 0.15) is 0 Å². The number of likely N-dealkylation sites (tertiary alicyclic amines) is 1. The molecular weight excluding hydrogens is 204 g/mol. The Labute approximate surface area is 99.1 Å². The normalized spacial score (nSPS) is 17.7. The number of methoxy groups -OCH3 is 1. The first kappa shape index (κ1) is 15.4. The zero-order chi connectivity index (χ0) is 12.6. The maximum absolute atomic E-state index is 10.2. The first-order valence-corrected chi connectivity index (χ1v) is 5.87. The van der Waals surface area contributed by atoms with Crippen molar-refractivity contribution in [2.24, 2.45) is 11.7 Å². The zero-order valence-electron chi connectivity index (χ0n) is 11.0. The number of nitrogens with two attached hydrogens (primary N) is 1. The highest BCUT2D eigenvalue weighted by atomic mass is 16.5. The van der Waals surface area contributed by atoms with Gasteiger partial charge in [-0.05, 0) is 46.1 Å². The van der Waals surface area contributed by atoms with Crippen molar-refractivity contribution in [3.63, 3.8) is 0 Å². The highest BCUT2D eigenvalue weighted by Gasteiger charge is 2.15. The lowest BCUT2D eigenvalue weighted by molar-refractivity contribution is -0.119. The van der Waals surface area contributed by atoms with Crippen LogP contribution in [0, 0.1) is 5.92 Å². The van der Waals surface area contributed by atoms with Crippen molar-refractivity contribution in [1.29, 1.82) is 0 Å². The van der Waals surface area contributed by atoms with Gasteiger partial charge in [-0.15, -0.1) is 0 Å². The lowest BCUT2D eigenvalue weighted by Gasteiger charge is -2.27. The Morgan fingerprint density at radius 2 is 1.81 bits per heavy atom. The fourth-order valence-corrected chi connectivity index (χ4v) is 1.29. The molecule has 0 spiro atoms. The Bertz CT molecular complexity index is 182. The van der Waals surface area contributed by atoms with Crippen molar-refractivity contribution >= 4 is 6.41 Å². The van der Waals surface area contributed by atoms with Crippen LogP contribution >= 0.6 is 0 Å². The molecule has 0 aromatic carbocycles. The number of ether oxygens (including phenoxy) is 1. The van der Waals surface area contributed by atoms with Crippen LogP contribution in [0.4, 0.5) is 0 Å². The molecule has 1 saturated heterocycles. The molecule has 1 aliphatic rings. The number of carbonyl (C=O) groups excluding carboxylic acids is 1. The topological polar surface area (TPSA) is 55.6 Å². The summed E-state index contributed by atoms with van der Waals surface area (Å²) in [7, 11) is 1.71. The molecule has 0 aromatic rings. The summed E-state index contributed by atoms with van der Waals surface area (Å²) in [6.45, 7) is 8.62. The lowest BCUT2D eigenvalue weighted by Crippen LogP contribution is -2.34. The SMILES string of the molecule is COC(C)(C)C.NCC1CCN(C=O)CC1. The van der Waals surface area contributed by atoms with Gasteiger partial charge in [0, 0.05) is 20.2 Å². The highest BCUT2D eigenvalue weighted by molar-refractivity contribution is 5.47. The van der Waals surface area contributed by atoms with E-state index in [0.717, 1.165) is 38.9 Å². The van der Waals surface area contributed by atoms with Gasteiger partial charge in [0.05, 0.1) is 5.60 Å². The third-order valence-corrected chi connectivity index (χ3v) is 2.74. The van der Waals surface area contributed by atoms with Crippen molar-refractivity contribution in [3.05, 3.63) is 0 Å². The number of nitrogens with zero attached hydrogens (tertiary/aromatic N) is 1. The second-order valence-corrected chi connectivity index (χ2v) is 5.14. The van der Waals surface area contributed by atoms with Gasteiger partial charge in [-0.3, -0.25) is 4.79 Å². The molecule has 0 radical (unpaired) electrons. The average molecular weight is 230 g/mol. The fraction of sp³-hybridized carbons (Fsp3) is 0.917. The van der Waals surface area contributed by atoms with Crippen molar-refractivity contribution < 1.29 is 9.53 Å². The van der Waals surface area contributed by atoms with Crippen molar-refractivity contribution in [1.82, 2.24) is 4.90 Å². The summed E-state index contributed by atoms with van der Waals surface area (Å²) in [6, 6.07) is 0. The Balaban J connectivity index is 0.000000325. The molecule has 0 aromatic heterocycles. The van der Waals surface area contributed by atoms with E-state index in [1.165, 1.54) is 0 Å². The molecule has 0 unspecified atom stereocenters. The number of piperidine rings is 1. The molecule has 16 heavy (non-hydrogen) atoms. The molecule has 0 bridgehead atoms. The van der Waals surface area contributed by atoms with Crippen LogP contribution in [0.1, 0.15) is 33.6 Å². The minimum atomic E-state index is 0.0417. The maximum atomic E-state index is 10.2. The predicted octanol–water partition coefficient (Wildman–Crippen LogP) is 1.24. The van der Waals surface area contributed by atoms with Crippen LogP contribution in [0.2, 0.25) is 0 Å². The van der Waals surface area contributed by atoms with Crippen molar-refractivity contribution in [2.45, 2.75) is 39.2 Å². The van der Waals surface area contributed by atoms with E-state index in [0.29, 0.717) is 5.92 Å². The molecule has 0 aliphatic carbocycles. The largest absolute Gasteiger partial charge is 0.379 e. The standard InChI is InChI=1S/C7H14N2O.C5H12O/c8-5-7-1-3-9(6-10)4-2-7;1-5(2,3)6-4/h6-7H,1-5,8H2;1-4H3. The molecule has 4 nitrogen and oxygen atoms in total. The number of carbonyl (C=O) groups is 1. The van der Waals surface area contributed by atoms with Gasteiger partial charge in [-0.1, -0.05) is 0 Å². The van der Waals surface area contributed by atoms with Gasteiger partial charge in [0.2, 0.25) is 6.41 Å². The molecule has 1 fully saturated rings. The molecule has 2 N–H and O–H groups in total. The summed E-state index contributed by atoms with van der Waals surface area (Å²) in [5.41, 5.74) is 5.52. The van der Waals surface area contributed by atoms with Crippen LogP contribution in [-0.4, -0.2) is 43.7 Å². The summed E-state index contributed by atoms with van der Waals surface area (Å²) >= 11 is 0. The van der Waals surface area contributed by atoms with Gasteiger partial charge in [-0.25, -0.2) is 0 Å². The number of amides is 1. The summed E-state index contributed by atoms with van der Waals surface area (Å²) in [4.78, 5) is 12.1. The van der Waals surface area contributed by atoms with E-state index in [-0.39, 0.29) is 5.60 Å². The predicted molar refractivity (Wildman–Crippen MR) is 66.2 cm³/mol. The molecule has 1 amide bonds. The molecule has 1 heterocycles. The van der Waals surface area contributed by atoms with E-state index >= 15 is 0 Å². The van der Waals surface area contributed by atoms with E-state index in [9.17, 15) is 4.79 Å². The van der Waals surface area contributed by atoms with Crippen LogP contribution in [0.5, 0.6) is 0 Å². The molecule has 1 rings (SSSR count). The average Bonchev–Trinajstić information content (AvgIpc) is 2.29. The van der Waals surface area contributed by atoms with Gasteiger partial charge < -0.3 is 15.4 Å². The van der Waals surface area contributed by atoms with E-state index in [1.54, 1.807) is 7.11 Å². The minimum absolute atomic E-state index is 0.0417. The second-order valence-electron chi connectivity index (χ2n) is 5.14. The summed E-state index contributed by atoms with van der Waals surface area (Å²) in [6.07, 6.45) is 3.08. The lowest BCUT2D eigenvalue weighted by atomic mass is 9.98. The number of hydrogen-bond acceptors (Lipinski definition) is 3. The first-order valence-electron chi connectivity index (χ1n) is 5.87. The van der Waals surface area contributed by atoms with E-state index < -0.39 is 0 Å². The highest BCUT2D eigenvalue weighted by Crippen LogP contribution is 2.13. The Kier molecular flexibility index (Phi) is 7.34. The Morgan fingerprint density at radius 3 is 2.06 bits per heavy atom. The fourth-order valence-electron chi connectivity index (χ4n) is 1.29. The van der Waals surface area contributed by atoms with Crippen molar-refractivity contribution in [2.75, 3.05) is 26.7 Å². The minimum Gasteiger partial charge on any atom is -0.379 e. The monoisotopic (exact) mass is 230 g/mol. The zero-order valence-corrected chi connectivity index (χ0v) is 11.0. The molecule has 4 heteroatoms. The van der Waals surface area contributed by atoms with Crippen LogP contribution in [0.15, 0.2) is 0 Å². The summed E-state index contributed by atoms with van der Waals surface area (Å²) in [5, 5.41) is 0. The number of hydrogen-bond donors (Lipinski definition) is 1. The first-order chi connectivity index (χ1) is 7.42. The summed E-state index contributed by atoms with van der Waals surface area (Å²) < 4.78 is 4.94. The van der Waals surface area contributed by atoms with Crippen LogP contribution in [-0.2, 0) is 9.53 Å². The van der Waals surface area contributed by atoms with Gasteiger partial charge in [0.15, 0.2) is 0 Å². The van der Waals surface area contributed by atoms with E-state index in [1.807, 2.05) is 25.7 Å². The molecule has 1 aliphatic heterocycles. The number of rotatable bonds is 2.